The minimum Gasteiger partial charge on any atom is -0.497 e. The molecule has 2 rings (SSSR count). The average molecular weight is 549 g/mol. The van der Waals surface area contributed by atoms with Crippen LogP contribution in [0.5, 0.6) is 5.75 Å². The number of nitrogens with zero attached hydrogens (tertiary/aromatic N) is 2. The van der Waals surface area contributed by atoms with Crippen LogP contribution in [0.1, 0.15) is 30.4 Å². The number of halogens is 5. The second kappa shape index (κ2) is 12.3. The van der Waals surface area contributed by atoms with Crippen molar-refractivity contribution >= 4 is 41.5 Å². The van der Waals surface area contributed by atoms with E-state index in [0.717, 1.165) is 16.8 Å². The van der Waals surface area contributed by atoms with Crippen LogP contribution in [0.4, 0.5) is 18.0 Å². The van der Waals surface area contributed by atoms with Gasteiger partial charge in [0.2, 0.25) is 5.91 Å². The highest BCUT2D eigenvalue weighted by Gasteiger charge is 2.44. The number of benzene rings is 2. The first kappa shape index (κ1) is 29.3. The maximum atomic E-state index is 12.9. The first-order valence-electron chi connectivity index (χ1n) is 10.7. The highest BCUT2D eigenvalue weighted by Crippen LogP contribution is 2.39. The van der Waals surface area contributed by atoms with Crippen LogP contribution in [0, 0.1) is 0 Å². The molecule has 0 unspecified atom stereocenters. The lowest BCUT2D eigenvalue weighted by atomic mass is 9.82. The van der Waals surface area contributed by atoms with Crippen LogP contribution in [0.2, 0.25) is 10.0 Å². The molecule has 0 fully saturated rings. The minimum atomic E-state index is -4.76. The third-order valence-corrected chi connectivity index (χ3v) is 6.37. The standard InChI is InChI=1S/C24H25Cl2F3N2O5/c1-30(21(33)13-24(27,28)29)15-23(9-4-10-32,17-7-8-19(25)20(26)12-17)31(22(34)35)14-16-5-3-6-18(11-16)36-2/h3,5-8,10-12H,4,9,13-15H2,1-2H3,(H,34,35)/t23-/m1/s1. The number of hydrogen-bond acceptors (Lipinski definition) is 4. The number of ether oxygens (including phenoxy) is 1. The van der Waals surface area contributed by atoms with Gasteiger partial charge in [-0.15, -0.1) is 0 Å². The summed E-state index contributed by atoms with van der Waals surface area (Å²) in [6.07, 6.45) is -7.63. The molecule has 1 atom stereocenters. The second-order valence-corrected chi connectivity index (χ2v) is 8.94. The van der Waals surface area contributed by atoms with Crippen LogP contribution >= 0.6 is 23.2 Å². The Labute approximate surface area is 216 Å². The molecule has 0 aliphatic rings. The number of alkyl halides is 3. The summed E-state index contributed by atoms with van der Waals surface area (Å²) in [4.78, 5) is 38.2. The van der Waals surface area contributed by atoms with E-state index in [-0.39, 0.29) is 35.0 Å². The maximum absolute atomic E-state index is 12.9. The summed E-state index contributed by atoms with van der Waals surface area (Å²) in [6, 6.07) is 10.8. The minimum absolute atomic E-state index is 0.0700. The molecule has 0 bridgehead atoms. The fourth-order valence-corrected chi connectivity index (χ4v) is 4.21. The van der Waals surface area contributed by atoms with Gasteiger partial charge in [-0.1, -0.05) is 41.4 Å². The number of amides is 2. The smallest absolute Gasteiger partial charge is 0.408 e. The van der Waals surface area contributed by atoms with Crippen molar-refractivity contribution in [2.75, 3.05) is 20.7 Å². The van der Waals surface area contributed by atoms with Gasteiger partial charge in [0.25, 0.3) is 0 Å². The normalized spacial score (nSPS) is 13.0. The lowest BCUT2D eigenvalue weighted by Crippen LogP contribution is -2.55. The predicted octanol–water partition coefficient (Wildman–Crippen LogP) is 5.77. The predicted molar refractivity (Wildman–Crippen MR) is 128 cm³/mol. The van der Waals surface area contributed by atoms with Crippen LogP contribution in [-0.4, -0.2) is 60.1 Å². The topological polar surface area (TPSA) is 87.2 Å². The molecule has 196 valence electrons. The van der Waals surface area contributed by atoms with Gasteiger partial charge in [0.1, 0.15) is 18.5 Å². The molecule has 7 nitrogen and oxygen atoms in total. The zero-order chi connectivity index (χ0) is 27.1. The van der Waals surface area contributed by atoms with Gasteiger partial charge in [0.15, 0.2) is 0 Å². The van der Waals surface area contributed by atoms with E-state index in [9.17, 15) is 32.7 Å². The van der Waals surface area contributed by atoms with E-state index in [1.165, 1.54) is 25.3 Å². The summed E-state index contributed by atoms with van der Waals surface area (Å²) in [5.41, 5.74) is -0.882. The molecular formula is C24H25Cl2F3N2O5. The molecule has 0 radical (unpaired) electrons. The van der Waals surface area contributed by atoms with E-state index in [1.807, 2.05) is 0 Å². The monoisotopic (exact) mass is 548 g/mol. The summed E-state index contributed by atoms with van der Waals surface area (Å²) in [7, 11) is 2.59. The van der Waals surface area contributed by atoms with Gasteiger partial charge in [-0.3, -0.25) is 9.69 Å². The molecule has 12 heteroatoms. The molecule has 0 aromatic heterocycles. The van der Waals surface area contributed by atoms with Gasteiger partial charge >= 0.3 is 12.3 Å². The number of rotatable bonds is 11. The first-order valence-corrected chi connectivity index (χ1v) is 11.4. The summed E-state index contributed by atoms with van der Waals surface area (Å²) < 4.78 is 44.0. The number of aldehydes is 1. The molecule has 0 heterocycles. The van der Waals surface area contributed by atoms with Crippen LogP contribution in [0.25, 0.3) is 0 Å². The lowest BCUT2D eigenvalue weighted by molar-refractivity contribution is -0.161. The Morgan fingerprint density at radius 3 is 2.36 bits per heavy atom. The van der Waals surface area contributed by atoms with Crippen molar-refractivity contribution in [3.63, 3.8) is 0 Å². The van der Waals surface area contributed by atoms with E-state index < -0.39 is 36.7 Å². The number of likely N-dealkylation sites (N-methyl/N-ethyl adjacent to an activating group) is 1. The zero-order valence-corrected chi connectivity index (χ0v) is 21.0. The van der Waals surface area contributed by atoms with E-state index >= 15 is 0 Å². The third kappa shape index (κ3) is 7.51. The molecule has 0 aliphatic carbocycles. The van der Waals surface area contributed by atoms with Crippen molar-refractivity contribution in [3.8, 4) is 5.75 Å². The highest BCUT2D eigenvalue weighted by molar-refractivity contribution is 6.42. The van der Waals surface area contributed by atoms with E-state index in [0.29, 0.717) is 17.6 Å². The fourth-order valence-electron chi connectivity index (χ4n) is 3.92. The third-order valence-electron chi connectivity index (χ3n) is 5.63. The van der Waals surface area contributed by atoms with Crippen molar-refractivity contribution in [3.05, 3.63) is 63.6 Å². The average Bonchev–Trinajstić information content (AvgIpc) is 2.81. The first-order chi connectivity index (χ1) is 16.8. The van der Waals surface area contributed by atoms with E-state index in [2.05, 4.69) is 0 Å². The molecular weight excluding hydrogens is 524 g/mol. The molecule has 1 N–H and O–H groups in total. The molecule has 0 aliphatic heterocycles. The Balaban J connectivity index is 2.69. The fraction of sp³-hybridized carbons (Fsp3) is 0.375. The number of carboxylic acid groups (broad SMARTS) is 1. The van der Waals surface area contributed by atoms with E-state index in [1.54, 1.807) is 24.3 Å². The summed E-state index contributed by atoms with van der Waals surface area (Å²) in [5.74, 6) is -0.798. The van der Waals surface area contributed by atoms with Crippen molar-refractivity contribution in [2.24, 2.45) is 0 Å². The van der Waals surface area contributed by atoms with Crippen LogP contribution in [0.3, 0.4) is 0 Å². The maximum Gasteiger partial charge on any atom is 0.408 e. The van der Waals surface area contributed by atoms with Gasteiger partial charge in [0, 0.05) is 20.0 Å². The molecule has 2 aromatic rings. The quantitative estimate of drug-likeness (QED) is 0.360. The van der Waals surface area contributed by atoms with Gasteiger partial charge in [0.05, 0.1) is 29.2 Å². The molecule has 2 amide bonds. The molecule has 36 heavy (non-hydrogen) atoms. The largest absolute Gasteiger partial charge is 0.497 e. The van der Waals surface area contributed by atoms with Crippen LogP contribution in [-0.2, 0) is 21.7 Å². The van der Waals surface area contributed by atoms with Crippen molar-refractivity contribution < 1.29 is 37.4 Å². The van der Waals surface area contributed by atoms with Gasteiger partial charge in [-0.05, 0) is 41.8 Å². The van der Waals surface area contributed by atoms with Gasteiger partial charge < -0.3 is 19.5 Å². The lowest BCUT2D eigenvalue weighted by Gasteiger charge is -2.45. The highest BCUT2D eigenvalue weighted by atomic mass is 35.5. The van der Waals surface area contributed by atoms with Gasteiger partial charge in [-0.2, -0.15) is 13.2 Å². The van der Waals surface area contributed by atoms with Crippen molar-refractivity contribution in [1.29, 1.82) is 0 Å². The SMILES string of the molecule is COc1cccc(CN(C(=O)O)[C@](CCC=O)(CN(C)C(=O)CC(F)(F)F)c2ccc(Cl)c(Cl)c2)c1. The van der Waals surface area contributed by atoms with Crippen LogP contribution in [0.15, 0.2) is 42.5 Å². The Bertz CT molecular complexity index is 1100. The summed E-state index contributed by atoms with van der Waals surface area (Å²) in [5, 5.41) is 10.5. The summed E-state index contributed by atoms with van der Waals surface area (Å²) >= 11 is 12.3. The Hall–Kier alpha value is -2.98. The van der Waals surface area contributed by atoms with Crippen molar-refractivity contribution in [2.45, 2.75) is 37.5 Å². The van der Waals surface area contributed by atoms with Crippen LogP contribution < -0.4 is 4.74 Å². The molecule has 2 aromatic carbocycles. The zero-order valence-electron chi connectivity index (χ0n) is 19.5. The van der Waals surface area contributed by atoms with Gasteiger partial charge in [-0.25, -0.2) is 4.79 Å². The number of carbonyl (C=O) groups is 3. The molecule has 0 saturated heterocycles. The summed E-state index contributed by atoms with van der Waals surface area (Å²) in [6.45, 7) is -0.711. The Morgan fingerprint density at radius 1 is 1.11 bits per heavy atom. The Morgan fingerprint density at radius 2 is 1.81 bits per heavy atom. The molecule has 0 spiro atoms. The van der Waals surface area contributed by atoms with Crippen molar-refractivity contribution in [1.82, 2.24) is 9.80 Å². The van der Waals surface area contributed by atoms with E-state index in [4.69, 9.17) is 27.9 Å². The molecule has 0 saturated carbocycles. The number of carbonyl (C=O) groups excluding carboxylic acids is 2. The Kier molecular flexibility index (Phi) is 10.0. The number of methoxy groups -OCH3 is 1. The second-order valence-electron chi connectivity index (χ2n) is 8.13. The number of hydrogen-bond donors (Lipinski definition) is 1.